The predicted molar refractivity (Wildman–Crippen MR) is 325 cm³/mol. The van der Waals surface area contributed by atoms with E-state index in [1.165, 1.54) is 74.1 Å². The van der Waals surface area contributed by atoms with Gasteiger partial charge in [-0.3, -0.25) is 19.9 Å². The molecule has 554 valence electrons. The number of carbonyl (C=O) groups is 18. The molecule has 4 aromatic rings. The number of rotatable bonds is 4. The standard InChI is InChI=1S/4C10H12N2.9C2H2O4/c4*1-2-8(5-11-3-1)10-4-9(10)6-12-7-10;9*3-1(4)2(5)6/h4*1-3,5,9,12H,4,6-7H2;9*(H,3,4)(H,5,6). The van der Waals surface area contributed by atoms with Gasteiger partial charge in [0.1, 0.15) is 0 Å². The highest BCUT2D eigenvalue weighted by Gasteiger charge is 2.60. The average molecular weight is 1450 g/mol. The minimum absolute atomic E-state index is 0.480. The first-order chi connectivity index (χ1) is 47.5. The topological polar surface area (TPSA) is 771 Å². The lowest BCUT2D eigenvalue weighted by Crippen LogP contribution is -2.19. The average Bonchev–Trinajstić information content (AvgIpc) is 1.60. The molecule has 8 fully saturated rings. The van der Waals surface area contributed by atoms with E-state index in [-0.39, 0.29) is 0 Å². The third-order valence-electron chi connectivity index (χ3n) is 14.8. The van der Waals surface area contributed by atoms with Gasteiger partial charge in [-0.25, -0.2) is 86.3 Å². The molecule has 0 radical (unpaired) electrons. The maximum absolute atomic E-state index is 9.10. The van der Waals surface area contributed by atoms with E-state index in [2.05, 4.69) is 65.5 Å². The van der Waals surface area contributed by atoms with Crippen LogP contribution in [0.2, 0.25) is 0 Å². The lowest BCUT2D eigenvalue weighted by atomic mass is 9.97. The predicted octanol–water partition coefficient (Wildman–Crippen LogP) is -3.83. The molecule has 44 nitrogen and oxygen atoms in total. The van der Waals surface area contributed by atoms with Crippen molar-refractivity contribution >= 4 is 107 Å². The number of aromatic nitrogens is 4. The second-order valence-corrected chi connectivity index (χ2v) is 21.2. The summed E-state index contributed by atoms with van der Waals surface area (Å²) < 4.78 is 0. The van der Waals surface area contributed by atoms with E-state index in [4.69, 9.17) is 178 Å². The summed E-state index contributed by atoms with van der Waals surface area (Å²) >= 11 is 0. The van der Waals surface area contributed by atoms with Crippen LogP contribution in [0.4, 0.5) is 0 Å². The zero-order valence-electron chi connectivity index (χ0n) is 52.2. The number of piperidine rings is 4. The number of fused-ring (bicyclic) bond motifs is 4. The molecule has 0 spiro atoms. The van der Waals surface area contributed by atoms with Crippen LogP contribution in [0.1, 0.15) is 47.9 Å². The third kappa shape index (κ3) is 31.4. The van der Waals surface area contributed by atoms with Gasteiger partial charge in [-0.1, -0.05) is 24.3 Å². The van der Waals surface area contributed by atoms with Gasteiger partial charge in [0.15, 0.2) is 0 Å². The molecule has 102 heavy (non-hydrogen) atoms. The molecule has 8 atom stereocenters. The number of carboxylic acids is 18. The second kappa shape index (κ2) is 42.6. The molecule has 4 aromatic heterocycles. The number of aliphatic carboxylic acids is 18. The number of nitrogens with one attached hydrogen (secondary N) is 4. The normalized spacial score (nSPS) is 21.7. The highest BCUT2D eigenvalue weighted by atomic mass is 16.5. The van der Waals surface area contributed by atoms with Gasteiger partial charge in [-0.05, 0) is 122 Å². The monoisotopic (exact) mass is 1450 g/mol. The molecule has 0 bridgehead atoms. The Labute approximate surface area is 569 Å². The lowest BCUT2D eigenvalue weighted by molar-refractivity contribution is -0.159. The second-order valence-electron chi connectivity index (χ2n) is 21.2. The van der Waals surface area contributed by atoms with Crippen molar-refractivity contribution in [2.24, 2.45) is 23.7 Å². The first-order valence-electron chi connectivity index (χ1n) is 28.1. The molecule has 22 N–H and O–H groups in total. The van der Waals surface area contributed by atoms with Gasteiger partial charge >= 0.3 is 107 Å². The summed E-state index contributed by atoms with van der Waals surface area (Å²) in [6.45, 7) is 9.44. The van der Waals surface area contributed by atoms with Gasteiger partial charge in [-0.15, -0.1) is 0 Å². The van der Waals surface area contributed by atoms with Crippen molar-refractivity contribution in [2.45, 2.75) is 47.3 Å². The summed E-state index contributed by atoms with van der Waals surface area (Å²) in [5.74, 6) is -29.3. The van der Waals surface area contributed by atoms with Gasteiger partial charge in [0.25, 0.3) is 0 Å². The number of carboxylic acid groups (broad SMARTS) is 18. The van der Waals surface area contributed by atoms with Gasteiger partial charge < -0.3 is 113 Å². The van der Waals surface area contributed by atoms with Crippen molar-refractivity contribution in [2.75, 3.05) is 52.4 Å². The van der Waals surface area contributed by atoms with Gasteiger partial charge in [0.2, 0.25) is 0 Å². The zero-order chi connectivity index (χ0) is 78.5. The van der Waals surface area contributed by atoms with E-state index in [0.717, 1.165) is 49.9 Å². The fraction of sp³-hybridized carbons (Fsp3) is 0.345. The van der Waals surface area contributed by atoms with Gasteiger partial charge in [0, 0.05) is 97.4 Å². The molecular weight excluding hydrogens is 1380 g/mol. The molecule has 8 heterocycles. The Kier molecular flexibility index (Phi) is 37.1. The highest BCUT2D eigenvalue weighted by molar-refractivity contribution is 6.30. The fourth-order valence-electron chi connectivity index (χ4n) is 9.79. The quantitative estimate of drug-likeness (QED) is 0.0871. The van der Waals surface area contributed by atoms with E-state index in [1.807, 2.05) is 73.8 Å². The lowest BCUT2D eigenvalue weighted by Gasteiger charge is -2.10. The van der Waals surface area contributed by atoms with Crippen LogP contribution in [-0.2, 0) is 108 Å². The largest absolute Gasteiger partial charge is 0.473 e. The van der Waals surface area contributed by atoms with Gasteiger partial charge in [0.05, 0.1) is 0 Å². The van der Waals surface area contributed by atoms with Gasteiger partial charge in [-0.2, -0.15) is 0 Å². The van der Waals surface area contributed by atoms with E-state index in [9.17, 15) is 0 Å². The van der Waals surface area contributed by atoms with Crippen LogP contribution in [-0.4, -0.2) is 272 Å². The summed E-state index contributed by atoms with van der Waals surface area (Å²) in [7, 11) is 0. The Hall–Kier alpha value is -13.1. The van der Waals surface area contributed by atoms with Crippen molar-refractivity contribution < 1.29 is 178 Å². The SMILES string of the molecule is O=C(O)C(=O)O.O=C(O)C(=O)O.O=C(O)C(=O)O.O=C(O)C(=O)O.O=C(O)C(=O)O.O=C(O)C(=O)O.O=C(O)C(=O)O.O=C(O)C(=O)O.O=C(O)C(=O)O.c1cncc(C23CNCC2C3)c1.c1cncc(C23CNCC2C3)c1.c1cncc(C23CNCC2C3)c1.c1cncc(C23CNCC2C3)c1. The number of nitrogens with zero attached hydrogens (tertiary/aromatic N) is 4. The third-order valence-corrected chi connectivity index (χ3v) is 14.8. The summed E-state index contributed by atoms with van der Waals surface area (Å²) in [6.07, 6.45) is 20.9. The van der Waals surface area contributed by atoms with E-state index in [0.29, 0.717) is 21.7 Å². The van der Waals surface area contributed by atoms with E-state index in [1.54, 1.807) is 0 Å². The molecule has 8 aliphatic rings. The minimum atomic E-state index is -1.82. The van der Waals surface area contributed by atoms with Crippen molar-refractivity contribution in [3.05, 3.63) is 120 Å². The Morgan fingerprint density at radius 1 is 0.245 bits per heavy atom. The summed E-state index contributed by atoms with van der Waals surface area (Å²) in [5, 5.41) is 147. The van der Waals surface area contributed by atoms with Crippen molar-refractivity contribution in [1.29, 1.82) is 0 Å². The molecular formula is C58H66N8O36. The fourth-order valence-corrected chi connectivity index (χ4v) is 9.79. The maximum atomic E-state index is 9.10. The number of pyridine rings is 4. The van der Waals surface area contributed by atoms with Crippen LogP contribution >= 0.6 is 0 Å². The molecule has 4 saturated heterocycles. The molecule has 44 heteroatoms. The summed E-state index contributed by atoms with van der Waals surface area (Å²) in [5.41, 5.74) is 7.64. The Bertz CT molecular complexity index is 2940. The van der Waals surface area contributed by atoms with E-state index < -0.39 is 107 Å². The molecule has 0 amide bonds. The molecule has 4 aliphatic carbocycles. The Morgan fingerprint density at radius 2 is 0.373 bits per heavy atom. The van der Waals surface area contributed by atoms with Crippen LogP contribution in [0.5, 0.6) is 0 Å². The Morgan fingerprint density at radius 3 is 0.441 bits per heavy atom. The molecule has 8 unspecified atom stereocenters. The molecule has 4 saturated carbocycles. The van der Waals surface area contributed by atoms with Crippen molar-refractivity contribution in [1.82, 2.24) is 41.2 Å². The Balaban J connectivity index is 0.00000110. The number of hydrogen-bond acceptors (Lipinski definition) is 26. The van der Waals surface area contributed by atoms with Crippen LogP contribution in [0, 0.1) is 23.7 Å². The van der Waals surface area contributed by atoms with Crippen molar-refractivity contribution in [3.63, 3.8) is 0 Å². The molecule has 4 aliphatic heterocycles. The van der Waals surface area contributed by atoms with Crippen LogP contribution < -0.4 is 21.3 Å². The van der Waals surface area contributed by atoms with E-state index >= 15 is 0 Å². The number of hydrogen-bond donors (Lipinski definition) is 22. The van der Waals surface area contributed by atoms with Crippen LogP contribution in [0.3, 0.4) is 0 Å². The highest BCUT2D eigenvalue weighted by Crippen LogP contribution is 2.58. The summed E-state index contributed by atoms with van der Waals surface area (Å²) in [4.78, 5) is 180. The zero-order valence-corrected chi connectivity index (χ0v) is 52.2. The molecule has 12 rings (SSSR count). The van der Waals surface area contributed by atoms with Crippen LogP contribution in [0.15, 0.2) is 98.1 Å². The maximum Gasteiger partial charge on any atom is 0.414 e. The first-order valence-corrected chi connectivity index (χ1v) is 28.1. The summed E-state index contributed by atoms with van der Waals surface area (Å²) in [6, 6.07) is 17.0. The molecule has 0 aromatic carbocycles. The van der Waals surface area contributed by atoms with Crippen molar-refractivity contribution in [3.8, 4) is 0 Å². The minimum Gasteiger partial charge on any atom is -0.473 e. The smallest absolute Gasteiger partial charge is 0.414 e. The first kappa shape index (κ1) is 88.9. The van der Waals surface area contributed by atoms with Crippen LogP contribution in [0.25, 0.3) is 0 Å².